The van der Waals surface area contributed by atoms with Crippen molar-refractivity contribution in [3.8, 4) is 67.4 Å². The van der Waals surface area contributed by atoms with Crippen LogP contribution in [0, 0.1) is 11.8 Å². The van der Waals surface area contributed by atoms with E-state index in [1.165, 1.54) is 66.4 Å². The second-order valence-electron chi connectivity index (χ2n) is 28.4. The highest BCUT2D eigenvalue weighted by atomic mass is 16.5. The smallest absolute Gasteiger partial charge is 0.119 e. The van der Waals surface area contributed by atoms with E-state index in [-0.39, 0.29) is 5.41 Å². The van der Waals surface area contributed by atoms with Crippen molar-refractivity contribution in [2.75, 3.05) is 24.7 Å². The van der Waals surface area contributed by atoms with E-state index in [0.717, 1.165) is 118 Å². The van der Waals surface area contributed by atoms with E-state index in [1.807, 2.05) is 48.6 Å². The standard InChI is InChI=1S/C95H90N2O3/c1-8-69-30-51-83(52-31-69)98-60-20-10-11-21-61-99-84-55-48-81(49-56-84)97-92-58-40-75(73-34-42-77(43-35-73)94(5,6)7)62-88(92)89-63-76(41-59-93(89)97)74-38-46-80(47-39-74)96(79-44-36-72(37-45-79)71-22-14-12-15-23-71)82-50-57-87-86-26-18-19-27-90(86)95(91(87)64-82,78-24-16-13-17-25-78)65-67(3)28-29-68(4)66-100-85-53-32-70(9-2)33-54-85/h8-9,12-19,22-27,30-59,62-64,67-68H,1-2,10-11,20-21,28-29,60-61,65-66H2,3-7H3. The fourth-order valence-electron chi connectivity index (χ4n) is 14.9. The van der Waals surface area contributed by atoms with Gasteiger partial charge in [-0.2, -0.15) is 0 Å². The summed E-state index contributed by atoms with van der Waals surface area (Å²) in [6.45, 7) is 21.4. The molecule has 3 atom stereocenters. The Morgan fingerprint density at radius 1 is 0.410 bits per heavy atom. The van der Waals surface area contributed by atoms with Gasteiger partial charge >= 0.3 is 0 Å². The van der Waals surface area contributed by atoms with Gasteiger partial charge in [-0.3, -0.25) is 0 Å². The third-order valence-electron chi connectivity index (χ3n) is 20.4. The molecule has 0 fully saturated rings. The average molecular weight is 1310 g/mol. The first-order chi connectivity index (χ1) is 48.9. The van der Waals surface area contributed by atoms with E-state index in [1.54, 1.807) is 0 Å². The summed E-state index contributed by atoms with van der Waals surface area (Å²) in [6, 6.07) is 105. The minimum absolute atomic E-state index is 0.0633. The van der Waals surface area contributed by atoms with Crippen molar-refractivity contribution < 1.29 is 14.2 Å². The van der Waals surface area contributed by atoms with Crippen LogP contribution in [0.4, 0.5) is 17.1 Å². The van der Waals surface area contributed by atoms with Crippen molar-refractivity contribution in [2.45, 2.75) is 90.4 Å². The summed E-state index contributed by atoms with van der Waals surface area (Å²) >= 11 is 0. The van der Waals surface area contributed by atoms with Crippen molar-refractivity contribution in [3.05, 3.63) is 332 Å². The number of nitrogens with zero attached hydrogens (tertiary/aromatic N) is 2. The third kappa shape index (κ3) is 14.2. The lowest BCUT2D eigenvalue weighted by molar-refractivity contribution is 0.240. The van der Waals surface area contributed by atoms with Crippen LogP contribution >= 0.6 is 0 Å². The Morgan fingerprint density at radius 2 is 0.860 bits per heavy atom. The van der Waals surface area contributed by atoms with Gasteiger partial charge in [0.15, 0.2) is 0 Å². The first-order valence-corrected chi connectivity index (χ1v) is 35.9. The van der Waals surface area contributed by atoms with Crippen LogP contribution < -0.4 is 19.1 Å². The first kappa shape index (κ1) is 66.4. The lowest BCUT2D eigenvalue weighted by Gasteiger charge is -2.36. The molecule has 0 amide bonds. The summed E-state index contributed by atoms with van der Waals surface area (Å²) in [6.07, 6.45) is 11.0. The zero-order valence-electron chi connectivity index (χ0n) is 58.5. The lowest BCUT2D eigenvalue weighted by atomic mass is 9.67. The topological polar surface area (TPSA) is 35.9 Å². The minimum Gasteiger partial charge on any atom is -0.494 e. The van der Waals surface area contributed by atoms with Gasteiger partial charge < -0.3 is 23.7 Å². The van der Waals surface area contributed by atoms with Gasteiger partial charge in [-0.25, -0.2) is 0 Å². The van der Waals surface area contributed by atoms with Crippen molar-refractivity contribution >= 4 is 51.0 Å². The summed E-state index contributed by atoms with van der Waals surface area (Å²) in [5.74, 6) is 3.48. The maximum atomic E-state index is 6.35. The molecule has 5 nitrogen and oxygen atoms in total. The highest BCUT2D eigenvalue weighted by Crippen LogP contribution is 2.57. The Kier molecular flexibility index (Phi) is 19.7. The number of fused-ring (bicyclic) bond motifs is 6. The normalized spacial score (nSPS) is 13.9. The number of benzene rings is 12. The van der Waals surface area contributed by atoms with Gasteiger partial charge in [0, 0.05) is 38.9 Å². The fourth-order valence-corrected chi connectivity index (χ4v) is 14.9. The molecule has 12 aromatic carbocycles. The second-order valence-corrected chi connectivity index (χ2v) is 28.4. The molecule has 0 radical (unpaired) electrons. The SMILES string of the molecule is C=Cc1ccc(OCCCCCCOc2ccc(-n3c4ccc(-c5ccc(N(c6ccc(-c7ccccc7)cc6)c6ccc7c(c6)C(CC(C)CCC(C)COc6ccc(C=C)cc6)(c6ccccc6)c6ccccc6-7)cc5)cc4c4cc(-c5ccc(C(C)(C)C)cc5)ccc43)cc2)cc1. The molecule has 498 valence electrons. The summed E-state index contributed by atoms with van der Waals surface area (Å²) < 4.78 is 21.1. The molecule has 1 aromatic heterocycles. The Balaban J connectivity index is 0.777. The number of ether oxygens (including phenoxy) is 3. The van der Waals surface area contributed by atoms with E-state index >= 15 is 0 Å². The zero-order valence-corrected chi connectivity index (χ0v) is 58.5. The predicted molar refractivity (Wildman–Crippen MR) is 422 cm³/mol. The molecule has 1 aliphatic rings. The molecule has 0 saturated carbocycles. The van der Waals surface area contributed by atoms with Crippen molar-refractivity contribution in [3.63, 3.8) is 0 Å². The van der Waals surface area contributed by atoms with E-state index in [2.05, 4.69) is 306 Å². The second kappa shape index (κ2) is 29.7. The zero-order chi connectivity index (χ0) is 68.6. The molecule has 14 rings (SSSR count). The molecule has 3 unspecified atom stereocenters. The molecule has 5 heteroatoms. The molecule has 1 heterocycles. The van der Waals surface area contributed by atoms with Crippen LogP contribution in [0.5, 0.6) is 17.2 Å². The van der Waals surface area contributed by atoms with Crippen LogP contribution in [-0.4, -0.2) is 24.4 Å². The van der Waals surface area contributed by atoms with Crippen LogP contribution in [0.15, 0.2) is 298 Å². The maximum Gasteiger partial charge on any atom is 0.119 e. The molecular formula is C95H90N2O3. The highest BCUT2D eigenvalue weighted by Gasteiger charge is 2.45. The average Bonchev–Trinajstić information content (AvgIpc) is 1.55. The Bertz CT molecular complexity index is 4930. The number of aromatic nitrogens is 1. The highest BCUT2D eigenvalue weighted by molar-refractivity contribution is 6.11. The number of rotatable bonds is 27. The first-order valence-electron chi connectivity index (χ1n) is 35.9. The van der Waals surface area contributed by atoms with Crippen LogP contribution in [-0.2, 0) is 10.8 Å². The van der Waals surface area contributed by atoms with Gasteiger partial charge in [-0.15, -0.1) is 0 Å². The van der Waals surface area contributed by atoms with Gasteiger partial charge in [-0.1, -0.05) is 242 Å². The van der Waals surface area contributed by atoms with Crippen LogP contribution in [0.25, 0.3) is 84.2 Å². The Labute approximate surface area is 592 Å². The predicted octanol–water partition coefficient (Wildman–Crippen LogP) is 25.7. The molecule has 13 aromatic rings. The van der Waals surface area contributed by atoms with Crippen molar-refractivity contribution in [1.29, 1.82) is 0 Å². The van der Waals surface area contributed by atoms with Gasteiger partial charge in [0.1, 0.15) is 17.2 Å². The summed E-state index contributed by atoms with van der Waals surface area (Å²) in [5, 5.41) is 2.41. The van der Waals surface area contributed by atoms with Crippen molar-refractivity contribution in [2.24, 2.45) is 11.8 Å². The third-order valence-corrected chi connectivity index (χ3v) is 20.4. The molecule has 0 aliphatic heterocycles. The van der Waals surface area contributed by atoms with E-state index in [9.17, 15) is 0 Å². The minimum atomic E-state index is -0.392. The molecule has 0 bridgehead atoms. The molecule has 0 N–H and O–H groups in total. The van der Waals surface area contributed by atoms with Gasteiger partial charge in [0.25, 0.3) is 0 Å². The summed E-state index contributed by atoms with van der Waals surface area (Å²) in [7, 11) is 0. The van der Waals surface area contributed by atoms with Crippen LogP contribution in [0.3, 0.4) is 0 Å². The van der Waals surface area contributed by atoms with Crippen molar-refractivity contribution in [1.82, 2.24) is 4.57 Å². The maximum absolute atomic E-state index is 6.35. The molecule has 0 saturated heterocycles. The molecule has 1 aliphatic carbocycles. The molecule has 100 heavy (non-hydrogen) atoms. The number of unbranched alkanes of at least 4 members (excludes halogenated alkanes) is 3. The Hall–Kier alpha value is -10.9. The van der Waals surface area contributed by atoms with Crippen LogP contribution in [0.1, 0.15) is 113 Å². The summed E-state index contributed by atoms with van der Waals surface area (Å²) in [5.41, 5.74) is 23.6. The fraction of sp³-hybridized carbons (Fsp3) is 0.200. The Morgan fingerprint density at radius 3 is 1.41 bits per heavy atom. The van der Waals surface area contributed by atoms with E-state index in [4.69, 9.17) is 14.2 Å². The molecular weight excluding hydrogens is 1220 g/mol. The van der Waals surface area contributed by atoms with Crippen LogP contribution in [0.2, 0.25) is 0 Å². The van der Waals surface area contributed by atoms with Gasteiger partial charge in [0.05, 0.1) is 30.9 Å². The van der Waals surface area contributed by atoms with E-state index < -0.39 is 5.41 Å². The number of hydrogen-bond donors (Lipinski definition) is 0. The van der Waals surface area contributed by atoms with Gasteiger partial charge in [-0.05, 0) is 243 Å². The molecule has 0 spiro atoms. The largest absolute Gasteiger partial charge is 0.494 e. The monoisotopic (exact) mass is 1310 g/mol. The van der Waals surface area contributed by atoms with E-state index in [0.29, 0.717) is 31.7 Å². The number of hydrogen-bond acceptors (Lipinski definition) is 4. The number of anilines is 3. The quantitative estimate of drug-likeness (QED) is 0.0481. The lowest BCUT2D eigenvalue weighted by Crippen LogP contribution is -2.30. The summed E-state index contributed by atoms with van der Waals surface area (Å²) in [4.78, 5) is 2.46. The van der Waals surface area contributed by atoms with Gasteiger partial charge in [0.2, 0.25) is 0 Å².